The van der Waals surface area contributed by atoms with E-state index in [4.69, 9.17) is 14.7 Å². The van der Waals surface area contributed by atoms with Gasteiger partial charge in [0.25, 0.3) is 5.69 Å². The van der Waals surface area contributed by atoms with E-state index in [1.165, 1.54) is 31.4 Å². The first-order chi connectivity index (χ1) is 11.0. The molecule has 0 radical (unpaired) electrons. The molecule has 2 aromatic rings. The van der Waals surface area contributed by atoms with Crippen LogP contribution in [0.2, 0.25) is 0 Å². The van der Waals surface area contributed by atoms with Crippen LogP contribution < -0.4 is 9.47 Å². The van der Waals surface area contributed by atoms with Crippen LogP contribution in [0.1, 0.15) is 5.56 Å². The standard InChI is InChI=1S/C14H9N3O6/c1-22-11-3-5-14(12(7-11)17(20)21)23-13-4-2-10(16(18)19)6-9(13)8-15/h2-7H,1H3. The maximum Gasteiger partial charge on any atom is 0.315 e. The van der Waals surface area contributed by atoms with Gasteiger partial charge in [-0.15, -0.1) is 0 Å². The number of ether oxygens (including phenoxy) is 2. The van der Waals surface area contributed by atoms with Crippen LogP contribution in [0.3, 0.4) is 0 Å². The van der Waals surface area contributed by atoms with Crippen molar-refractivity contribution < 1.29 is 19.3 Å². The number of hydrogen-bond acceptors (Lipinski definition) is 7. The molecule has 0 unspecified atom stereocenters. The first-order valence-electron chi connectivity index (χ1n) is 6.15. The lowest BCUT2D eigenvalue weighted by Gasteiger charge is -2.08. The van der Waals surface area contributed by atoms with Crippen LogP contribution in [-0.4, -0.2) is 17.0 Å². The number of rotatable bonds is 5. The number of methoxy groups -OCH3 is 1. The Bertz CT molecular complexity index is 828. The Kier molecular flexibility index (Phi) is 4.37. The molecule has 0 amide bonds. The van der Waals surface area contributed by atoms with Crippen LogP contribution in [0.25, 0.3) is 0 Å². The normalized spacial score (nSPS) is 9.74. The van der Waals surface area contributed by atoms with E-state index in [1.54, 1.807) is 6.07 Å². The largest absolute Gasteiger partial charge is 0.496 e. The molecule has 116 valence electrons. The van der Waals surface area contributed by atoms with Crippen LogP contribution in [0.5, 0.6) is 17.2 Å². The van der Waals surface area contributed by atoms with Crippen molar-refractivity contribution in [3.8, 4) is 23.3 Å². The molecule has 0 spiro atoms. The van der Waals surface area contributed by atoms with Gasteiger partial charge >= 0.3 is 5.69 Å². The van der Waals surface area contributed by atoms with Gasteiger partial charge in [-0.2, -0.15) is 5.26 Å². The first-order valence-corrected chi connectivity index (χ1v) is 6.15. The van der Waals surface area contributed by atoms with Crippen molar-refractivity contribution in [3.63, 3.8) is 0 Å². The second-order valence-corrected chi connectivity index (χ2v) is 4.24. The molecule has 9 nitrogen and oxygen atoms in total. The molecule has 0 bridgehead atoms. The molecular weight excluding hydrogens is 306 g/mol. The lowest BCUT2D eigenvalue weighted by molar-refractivity contribution is -0.385. The lowest BCUT2D eigenvalue weighted by Crippen LogP contribution is -1.97. The molecule has 2 aromatic carbocycles. The molecule has 23 heavy (non-hydrogen) atoms. The summed E-state index contributed by atoms with van der Waals surface area (Å²) in [6.07, 6.45) is 0. The zero-order valence-electron chi connectivity index (χ0n) is 11.8. The molecule has 0 heterocycles. The van der Waals surface area contributed by atoms with Crippen molar-refractivity contribution in [2.45, 2.75) is 0 Å². The summed E-state index contributed by atoms with van der Waals surface area (Å²) in [6.45, 7) is 0. The van der Waals surface area contributed by atoms with Crippen LogP contribution in [0.4, 0.5) is 11.4 Å². The third kappa shape index (κ3) is 3.33. The van der Waals surface area contributed by atoms with Crippen molar-refractivity contribution in [1.29, 1.82) is 5.26 Å². The van der Waals surface area contributed by atoms with Crippen LogP contribution in [0.15, 0.2) is 36.4 Å². The summed E-state index contributed by atoms with van der Waals surface area (Å²) >= 11 is 0. The highest BCUT2D eigenvalue weighted by Crippen LogP contribution is 2.36. The minimum atomic E-state index is -0.657. The van der Waals surface area contributed by atoms with Gasteiger partial charge in [0.15, 0.2) is 0 Å². The fraction of sp³-hybridized carbons (Fsp3) is 0.0714. The lowest BCUT2D eigenvalue weighted by atomic mass is 10.2. The van der Waals surface area contributed by atoms with E-state index in [0.29, 0.717) is 0 Å². The summed E-state index contributed by atoms with van der Waals surface area (Å²) in [6, 6.07) is 9.10. The van der Waals surface area contributed by atoms with Crippen molar-refractivity contribution >= 4 is 11.4 Å². The van der Waals surface area contributed by atoms with Gasteiger partial charge < -0.3 is 9.47 Å². The summed E-state index contributed by atoms with van der Waals surface area (Å²) in [4.78, 5) is 20.5. The molecule has 0 atom stereocenters. The fourth-order valence-corrected chi connectivity index (χ4v) is 1.78. The molecule has 2 rings (SSSR count). The topological polar surface area (TPSA) is 129 Å². The van der Waals surface area contributed by atoms with E-state index in [9.17, 15) is 20.2 Å². The van der Waals surface area contributed by atoms with Gasteiger partial charge in [-0.25, -0.2) is 0 Å². The van der Waals surface area contributed by atoms with Gasteiger partial charge in [-0.3, -0.25) is 20.2 Å². The van der Waals surface area contributed by atoms with Gasteiger partial charge in [0.2, 0.25) is 5.75 Å². The summed E-state index contributed by atoms with van der Waals surface area (Å²) in [5.74, 6) is 0.140. The maximum atomic E-state index is 11.1. The van der Waals surface area contributed by atoms with Gasteiger partial charge in [-0.05, 0) is 18.2 Å². The monoisotopic (exact) mass is 315 g/mol. The quantitative estimate of drug-likeness (QED) is 0.612. The zero-order valence-corrected chi connectivity index (χ0v) is 11.8. The van der Waals surface area contributed by atoms with Gasteiger partial charge in [0, 0.05) is 12.1 Å². The predicted octanol–water partition coefficient (Wildman–Crippen LogP) is 3.18. The molecule has 0 aromatic heterocycles. The molecule has 0 saturated heterocycles. The highest BCUT2D eigenvalue weighted by molar-refractivity contribution is 5.56. The van der Waals surface area contributed by atoms with Crippen LogP contribution >= 0.6 is 0 Å². The van der Waals surface area contributed by atoms with E-state index in [-0.39, 0.29) is 34.2 Å². The number of nitro benzene ring substituents is 2. The van der Waals surface area contributed by atoms with E-state index < -0.39 is 9.85 Å². The number of benzene rings is 2. The van der Waals surface area contributed by atoms with Crippen LogP contribution in [0, 0.1) is 31.6 Å². The average Bonchev–Trinajstić information content (AvgIpc) is 2.55. The Morgan fingerprint density at radius 2 is 1.74 bits per heavy atom. The molecular formula is C14H9N3O6. The SMILES string of the molecule is COc1ccc(Oc2ccc([N+](=O)[O-])cc2C#N)c([N+](=O)[O-])c1. The number of non-ortho nitro benzene ring substituents is 1. The van der Waals surface area contributed by atoms with Crippen molar-refractivity contribution in [2.24, 2.45) is 0 Å². The Morgan fingerprint density at radius 3 is 2.30 bits per heavy atom. The summed E-state index contributed by atoms with van der Waals surface area (Å²) in [5, 5.41) is 30.9. The third-order valence-electron chi connectivity index (χ3n) is 2.88. The van der Waals surface area contributed by atoms with E-state index in [0.717, 1.165) is 12.1 Å². The van der Waals surface area contributed by atoms with Crippen molar-refractivity contribution in [3.05, 3.63) is 62.2 Å². The summed E-state index contributed by atoms with van der Waals surface area (Å²) in [7, 11) is 1.36. The molecule has 0 saturated carbocycles. The Hall–Kier alpha value is -3.67. The summed E-state index contributed by atoms with van der Waals surface area (Å²) in [5.41, 5.74) is -0.742. The smallest absolute Gasteiger partial charge is 0.315 e. The zero-order chi connectivity index (χ0) is 17.0. The second-order valence-electron chi connectivity index (χ2n) is 4.24. The van der Waals surface area contributed by atoms with Crippen molar-refractivity contribution in [1.82, 2.24) is 0 Å². The molecule has 0 aliphatic rings. The van der Waals surface area contributed by atoms with Gasteiger partial charge in [0.1, 0.15) is 23.1 Å². The number of nitrogens with zero attached hydrogens (tertiary/aromatic N) is 3. The molecule has 0 N–H and O–H groups in total. The predicted molar refractivity (Wildman–Crippen MR) is 77.5 cm³/mol. The molecule has 0 fully saturated rings. The highest BCUT2D eigenvalue weighted by Gasteiger charge is 2.19. The molecule has 9 heteroatoms. The third-order valence-corrected chi connectivity index (χ3v) is 2.88. The van der Waals surface area contributed by atoms with E-state index >= 15 is 0 Å². The highest BCUT2D eigenvalue weighted by atomic mass is 16.6. The van der Waals surface area contributed by atoms with Gasteiger partial charge in [-0.1, -0.05) is 0 Å². The van der Waals surface area contributed by atoms with E-state index in [2.05, 4.69) is 0 Å². The molecule has 0 aliphatic carbocycles. The average molecular weight is 315 g/mol. The summed E-state index contributed by atoms with van der Waals surface area (Å²) < 4.78 is 10.3. The number of hydrogen-bond donors (Lipinski definition) is 0. The Morgan fingerprint density at radius 1 is 1.04 bits per heavy atom. The molecule has 0 aliphatic heterocycles. The minimum Gasteiger partial charge on any atom is -0.496 e. The first kappa shape index (κ1) is 15.7. The Labute approximate surface area is 129 Å². The fourth-order valence-electron chi connectivity index (χ4n) is 1.78. The number of nitro groups is 2. The van der Waals surface area contributed by atoms with E-state index in [1.807, 2.05) is 0 Å². The van der Waals surface area contributed by atoms with Crippen molar-refractivity contribution in [2.75, 3.05) is 7.11 Å². The second kappa shape index (κ2) is 6.40. The Balaban J connectivity index is 2.45. The minimum absolute atomic E-state index is 0.0219. The van der Waals surface area contributed by atoms with Gasteiger partial charge in [0.05, 0.1) is 23.0 Å². The number of nitriles is 1. The van der Waals surface area contributed by atoms with Crippen LogP contribution in [-0.2, 0) is 0 Å². The maximum absolute atomic E-state index is 11.1.